The van der Waals surface area contributed by atoms with Crippen molar-refractivity contribution in [3.63, 3.8) is 0 Å². The fourth-order valence-electron chi connectivity index (χ4n) is 2.52. The lowest BCUT2D eigenvalue weighted by atomic mass is 9.85. The third-order valence-electron chi connectivity index (χ3n) is 3.90. The maximum absolute atomic E-state index is 6.12. The van der Waals surface area contributed by atoms with E-state index in [2.05, 4.69) is 51.2 Å². The molecular weight excluding hydrogens is 234 g/mol. The lowest BCUT2D eigenvalue weighted by Gasteiger charge is -2.19. The van der Waals surface area contributed by atoms with E-state index in [1.165, 1.54) is 29.4 Å². The Balaban J connectivity index is 2.01. The van der Waals surface area contributed by atoms with Crippen LogP contribution in [0.3, 0.4) is 0 Å². The summed E-state index contributed by atoms with van der Waals surface area (Å²) >= 11 is 0. The summed E-state index contributed by atoms with van der Waals surface area (Å²) in [5, 5.41) is 4.78. The van der Waals surface area contributed by atoms with E-state index in [9.17, 15) is 0 Å². The fourth-order valence-corrected chi connectivity index (χ4v) is 2.52. The van der Waals surface area contributed by atoms with E-state index < -0.39 is 0 Å². The largest absolute Gasteiger partial charge is 0.459 e. The second kappa shape index (κ2) is 4.38. The van der Waals surface area contributed by atoms with Gasteiger partial charge >= 0.3 is 0 Å². The number of aryl methyl sites for hydroxylation is 1. The molecule has 0 spiro atoms. The number of furan rings is 1. The van der Waals surface area contributed by atoms with Crippen LogP contribution in [0.15, 0.2) is 22.6 Å². The second-order valence-corrected chi connectivity index (χ2v) is 6.79. The van der Waals surface area contributed by atoms with Crippen molar-refractivity contribution in [2.45, 2.75) is 58.5 Å². The molecule has 1 aliphatic rings. The Kier molecular flexibility index (Phi) is 2.94. The van der Waals surface area contributed by atoms with Gasteiger partial charge in [-0.15, -0.1) is 0 Å². The zero-order valence-corrected chi connectivity index (χ0v) is 12.3. The minimum absolute atomic E-state index is 0.116. The molecule has 0 saturated heterocycles. The molecule has 0 atom stereocenters. The maximum atomic E-state index is 6.12. The van der Waals surface area contributed by atoms with Crippen molar-refractivity contribution in [1.82, 2.24) is 5.32 Å². The number of fused-ring (bicyclic) bond motifs is 1. The molecule has 0 radical (unpaired) electrons. The van der Waals surface area contributed by atoms with E-state index in [0.29, 0.717) is 0 Å². The van der Waals surface area contributed by atoms with E-state index >= 15 is 0 Å². The van der Waals surface area contributed by atoms with Crippen molar-refractivity contribution < 1.29 is 4.42 Å². The number of hydrogen-bond donors (Lipinski definition) is 1. The van der Waals surface area contributed by atoms with E-state index in [4.69, 9.17) is 4.42 Å². The highest BCUT2D eigenvalue weighted by Gasteiger charge is 2.23. The molecule has 1 saturated carbocycles. The minimum Gasteiger partial charge on any atom is -0.459 e. The molecule has 1 aromatic carbocycles. The Labute approximate surface area is 115 Å². The van der Waals surface area contributed by atoms with Crippen molar-refractivity contribution in [3.8, 4) is 0 Å². The Morgan fingerprint density at radius 1 is 1.26 bits per heavy atom. The highest BCUT2D eigenvalue weighted by molar-refractivity contribution is 5.85. The van der Waals surface area contributed by atoms with Gasteiger partial charge in [-0.25, -0.2) is 0 Å². The number of benzene rings is 1. The summed E-state index contributed by atoms with van der Waals surface area (Å²) in [6.45, 7) is 9.72. The SMILES string of the molecule is Cc1ccc(C(C)(C)C)c2oc(CNC3CC3)cc12. The Morgan fingerprint density at radius 2 is 2.00 bits per heavy atom. The number of nitrogens with one attached hydrogen (secondary N) is 1. The van der Waals surface area contributed by atoms with Gasteiger partial charge in [0, 0.05) is 17.0 Å². The first-order valence-corrected chi connectivity index (χ1v) is 7.21. The summed E-state index contributed by atoms with van der Waals surface area (Å²) in [5.74, 6) is 1.06. The monoisotopic (exact) mass is 257 g/mol. The summed E-state index contributed by atoms with van der Waals surface area (Å²) in [7, 11) is 0. The Bertz CT molecular complexity index is 599. The van der Waals surface area contributed by atoms with Crippen LogP contribution < -0.4 is 5.32 Å². The standard InChI is InChI=1S/C17H23NO/c1-11-5-8-15(17(2,3)4)16-14(11)9-13(19-16)10-18-12-6-7-12/h5,8-9,12,18H,6-7,10H2,1-4H3. The van der Waals surface area contributed by atoms with Crippen LogP contribution in [0.4, 0.5) is 0 Å². The summed E-state index contributed by atoms with van der Waals surface area (Å²) in [6.07, 6.45) is 2.62. The maximum Gasteiger partial charge on any atom is 0.138 e. The van der Waals surface area contributed by atoms with Crippen LogP contribution in [-0.4, -0.2) is 6.04 Å². The van der Waals surface area contributed by atoms with Crippen LogP contribution in [0.2, 0.25) is 0 Å². The predicted octanol–water partition coefficient (Wildman–Crippen LogP) is 4.29. The van der Waals surface area contributed by atoms with Crippen molar-refractivity contribution in [3.05, 3.63) is 35.1 Å². The van der Waals surface area contributed by atoms with E-state index in [1.54, 1.807) is 0 Å². The topological polar surface area (TPSA) is 25.2 Å². The normalized spacial score (nSPS) is 16.2. The zero-order chi connectivity index (χ0) is 13.6. The Hall–Kier alpha value is -1.28. The van der Waals surface area contributed by atoms with Gasteiger partial charge in [-0.05, 0) is 36.8 Å². The Morgan fingerprint density at radius 3 is 2.63 bits per heavy atom. The molecule has 0 aliphatic heterocycles. The van der Waals surface area contributed by atoms with Gasteiger partial charge in [0.05, 0.1) is 6.54 Å². The lowest BCUT2D eigenvalue weighted by molar-refractivity contribution is 0.499. The quantitative estimate of drug-likeness (QED) is 0.887. The van der Waals surface area contributed by atoms with Gasteiger partial charge in [-0.2, -0.15) is 0 Å². The molecule has 2 heteroatoms. The van der Waals surface area contributed by atoms with Crippen LogP contribution in [-0.2, 0) is 12.0 Å². The highest BCUT2D eigenvalue weighted by atomic mass is 16.3. The first-order valence-electron chi connectivity index (χ1n) is 7.21. The van der Waals surface area contributed by atoms with Crippen molar-refractivity contribution in [1.29, 1.82) is 0 Å². The summed E-state index contributed by atoms with van der Waals surface area (Å²) in [4.78, 5) is 0. The zero-order valence-electron chi connectivity index (χ0n) is 12.3. The molecule has 0 bridgehead atoms. The van der Waals surface area contributed by atoms with Crippen molar-refractivity contribution in [2.24, 2.45) is 0 Å². The average molecular weight is 257 g/mol. The minimum atomic E-state index is 0.116. The van der Waals surface area contributed by atoms with Gasteiger partial charge < -0.3 is 9.73 Å². The number of hydrogen-bond acceptors (Lipinski definition) is 2. The molecule has 1 N–H and O–H groups in total. The van der Waals surface area contributed by atoms with Gasteiger partial charge in [0.15, 0.2) is 0 Å². The molecule has 1 heterocycles. The van der Waals surface area contributed by atoms with Gasteiger partial charge in [0.2, 0.25) is 0 Å². The van der Waals surface area contributed by atoms with Gasteiger partial charge in [-0.3, -0.25) is 0 Å². The smallest absolute Gasteiger partial charge is 0.138 e. The third-order valence-corrected chi connectivity index (χ3v) is 3.90. The molecule has 1 fully saturated rings. The third kappa shape index (κ3) is 2.55. The van der Waals surface area contributed by atoms with Crippen LogP contribution in [0.5, 0.6) is 0 Å². The van der Waals surface area contributed by atoms with Crippen LogP contribution in [0, 0.1) is 6.92 Å². The average Bonchev–Trinajstić information content (AvgIpc) is 3.04. The molecule has 1 aliphatic carbocycles. The van der Waals surface area contributed by atoms with Gasteiger partial charge in [0.1, 0.15) is 11.3 Å². The van der Waals surface area contributed by atoms with Crippen LogP contribution in [0.25, 0.3) is 11.0 Å². The molecule has 0 amide bonds. The molecule has 0 unspecified atom stereocenters. The summed E-state index contributed by atoms with van der Waals surface area (Å²) in [5.41, 5.74) is 3.78. The van der Waals surface area contributed by atoms with Gasteiger partial charge in [0.25, 0.3) is 0 Å². The second-order valence-electron chi connectivity index (χ2n) is 6.79. The van der Waals surface area contributed by atoms with E-state index in [1.807, 2.05) is 0 Å². The van der Waals surface area contributed by atoms with Crippen molar-refractivity contribution >= 4 is 11.0 Å². The molecule has 1 aromatic heterocycles. The molecule has 2 nitrogen and oxygen atoms in total. The molecule has 3 rings (SSSR count). The first-order chi connectivity index (χ1) is 8.95. The highest BCUT2D eigenvalue weighted by Crippen LogP contribution is 2.34. The molecule has 102 valence electrons. The molecular formula is C17H23NO. The molecule has 2 aromatic rings. The first kappa shape index (κ1) is 12.7. The van der Waals surface area contributed by atoms with E-state index in [0.717, 1.165) is 23.9 Å². The molecule has 19 heavy (non-hydrogen) atoms. The van der Waals surface area contributed by atoms with Crippen LogP contribution >= 0.6 is 0 Å². The van der Waals surface area contributed by atoms with Crippen molar-refractivity contribution in [2.75, 3.05) is 0 Å². The van der Waals surface area contributed by atoms with Gasteiger partial charge in [-0.1, -0.05) is 32.9 Å². The fraction of sp³-hybridized carbons (Fsp3) is 0.529. The predicted molar refractivity (Wildman–Crippen MR) is 79.5 cm³/mol. The van der Waals surface area contributed by atoms with Crippen LogP contribution in [0.1, 0.15) is 50.5 Å². The summed E-state index contributed by atoms with van der Waals surface area (Å²) in [6, 6.07) is 7.34. The lowest BCUT2D eigenvalue weighted by Crippen LogP contribution is -2.14. The van der Waals surface area contributed by atoms with E-state index in [-0.39, 0.29) is 5.41 Å². The summed E-state index contributed by atoms with van der Waals surface area (Å²) < 4.78 is 6.12. The number of rotatable bonds is 3.